The first-order chi connectivity index (χ1) is 9.52. The maximum atomic E-state index is 11.5. The molecule has 1 aromatic carbocycles. The van der Waals surface area contributed by atoms with E-state index in [1.165, 1.54) is 5.56 Å². The Kier molecular flexibility index (Phi) is 5.68. The van der Waals surface area contributed by atoms with Crippen molar-refractivity contribution in [2.45, 2.75) is 39.0 Å². The number of carbonyl (C=O) groups is 2. The molecular formula is C17H22O3. The first-order valence-corrected chi connectivity index (χ1v) is 6.82. The molecule has 0 saturated heterocycles. The van der Waals surface area contributed by atoms with Gasteiger partial charge in [0.2, 0.25) is 0 Å². The van der Waals surface area contributed by atoms with Gasteiger partial charge in [-0.15, -0.1) is 13.2 Å². The number of carboxylic acids is 1. The lowest BCUT2D eigenvalue weighted by molar-refractivity contribution is -0.151. The van der Waals surface area contributed by atoms with Gasteiger partial charge in [0.1, 0.15) is 5.78 Å². The first-order valence-electron chi connectivity index (χ1n) is 6.82. The van der Waals surface area contributed by atoms with Gasteiger partial charge in [0.15, 0.2) is 0 Å². The molecule has 0 amide bonds. The molecule has 2 rings (SSSR count). The molecule has 0 radical (unpaired) electrons. The molecule has 1 fully saturated rings. The highest BCUT2D eigenvalue weighted by Gasteiger charge is 2.41. The second-order valence-corrected chi connectivity index (χ2v) is 5.29. The van der Waals surface area contributed by atoms with E-state index < -0.39 is 11.4 Å². The van der Waals surface area contributed by atoms with Crippen molar-refractivity contribution >= 4 is 11.8 Å². The largest absolute Gasteiger partial charge is 0.481 e. The monoisotopic (exact) mass is 274 g/mol. The molecule has 108 valence electrons. The van der Waals surface area contributed by atoms with Crippen LogP contribution in [0, 0.1) is 12.3 Å². The van der Waals surface area contributed by atoms with Crippen LogP contribution in [-0.4, -0.2) is 16.9 Å². The average molecular weight is 274 g/mol. The summed E-state index contributed by atoms with van der Waals surface area (Å²) in [5.74, 6) is -0.577. The third-order valence-corrected chi connectivity index (χ3v) is 3.88. The molecule has 1 aliphatic carbocycles. The highest BCUT2D eigenvalue weighted by molar-refractivity contribution is 5.84. The number of carboxylic acid groups (broad SMARTS) is 1. The van der Waals surface area contributed by atoms with E-state index in [1.807, 2.05) is 31.2 Å². The molecule has 0 aliphatic heterocycles. The van der Waals surface area contributed by atoms with Gasteiger partial charge in [-0.1, -0.05) is 29.8 Å². The lowest BCUT2D eigenvalue weighted by Crippen LogP contribution is -2.37. The van der Waals surface area contributed by atoms with E-state index in [1.54, 1.807) is 0 Å². The van der Waals surface area contributed by atoms with Gasteiger partial charge < -0.3 is 5.11 Å². The Labute approximate surface area is 120 Å². The van der Waals surface area contributed by atoms with Gasteiger partial charge in [-0.3, -0.25) is 9.59 Å². The summed E-state index contributed by atoms with van der Waals surface area (Å²) in [5.41, 5.74) is 1.46. The van der Waals surface area contributed by atoms with E-state index in [9.17, 15) is 14.7 Å². The van der Waals surface area contributed by atoms with Crippen LogP contribution >= 0.6 is 0 Å². The molecule has 1 aliphatic rings. The fraction of sp³-hybridized carbons (Fsp3) is 0.412. The third kappa shape index (κ3) is 3.80. The number of carbonyl (C=O) groups excluding carboxylic acids is 1. The summed E-state index contributed by atoms with van der Waals surface area (Å²) >= 11 is 0. The minimum atomic E-state index is -0.768. The minimum Gasteiger partial charge on any atom is -0.481 e. The molecule has 1 N–H and O–H groups in total. The van der Waals surface area contributed by atoms with Crippen LogP contribution in [-0.2, 0) is 16.0 Å². The maximum absolute atomic E-state index is 11.5. The normalized spacial score (nSPS) is 16.9. The number of ketones is 1. The number of hydrogen-bond donors (Lipinski definition) is 1. The molecular weight excluding hydrogens is 252 g/mol. The van der Waals surface area contributed by atoms with Crippen LogP contribution in [0.1, 0.15) is 36.8 Å². The minimum absolute atomic E-state index is 0.191. The standard InChI is InChI=1S/C15H18O3.C2H4/c1-11-2-4-12(5-3-11)10-15(14(17)18)8-6-13(16)7-9-15;1-2/h2-5H,6-10H2,1H3,(H,17,18);1-2H2. The predicted molar refractivity (Wildman–Crippen MR) is 79.7 cm³/mol. The van der Waals surface area contributed by atoms with Crippen LogP contribution in [0.3, 0.4) is 0 Å². The summed E-state index contributed by atoms with van der Waals surface area (Å²) in [6.45, 7) is 8.01. The summed E-state index contributed by atoms with van der Waals surface area (Å²) < 4.78 is 0. The van der Waals surface area contributed by atoms with Crippen LogP contribution in [0.5, 0.6) is 0 Å². The van der Waals surface area contributed by atoms with Crippen LogP contribution in [0.25, 0.3) is 0 Å². The van der Waals surface area contributed by atoms with E-state index in [0.29, 0.717) is 32.1 Å². The van der Waals surface area contributed by atoms with E-state index in [0.717, 1.165) is 5.56 Å². The van der Waals surface area contributed by atoms with Crippen molar-refractivity contribution in [2.24, 2.45) is 5.41 Å². The summed E-state index contributed by atoms with van der Waals surface area (Å²) in [5, 5.41) is 9.48. The summed E-state index contributed by atoms with van der Waals surface area (Å²) in [6, 6.07) is 7.96. The van der Waals surface area contributed by atoms with Crippen LogP contribution in [0.15, 0.2) is 37.4 Å². The van der Waals surface area contributed by atoms with E-state index >= 15 is 0 Å². The zero-order chi connectivity index (χ0) is 15.2. The van der Waals surface area contributed by atoms with E-state index in [4.69, 9.17) is 0 Å². The van der Waals surface area contributed by atoms with Crippen molar-refractivity contribution < 1.29 is 14.7 Å². The lowest BCUT2D eigenvalue weighted by Gasteiger charge is -2.32. The number of benzene rings is 1. The van der Waals surface area contributed by atoms with Crippen molar-refractivity contribution in [3.8, 4) is 0 Å². The number of hydrogen-bond acceptors (Lipinski definition) is 2. The average Bonchev–Trinajstić information content (AvgIpc) is 2.46. The van der Waals surface area contributed by atoms with Crippen molar-refractivity contribution in [1.82, 2.24) is 0 Å². The molecule has 0 aromatic heterocycles. The van der Waals surface area contributed by atoms with E-state index in [-0.39, 0.29) is 5.78 Å². The van der Waals surface area contributed by atoms with Crippen molar-refractivity contribution in [3.05, 3.63) is 48.6 Å². The lowest BCUT2D eigenvalue weighted by atomic mass is 9.70. The molecule has 0 unspecified atom stereocenters. The first kappa shape index (κ1) is 16.2. The van der Waals surface area contributed by atoms with Gasteiger partial charge in [0.25, 0.3) is 0 Å². The Morgan fingerprint density at radius 1 is 1.20 bits per heavy atom. The van der Waals surface area contributed by atoms with Crippen molar-refractivity contribution in [3.63, 3.8) is 0 Å². The Morgan fingerprint density at radius 2 is 1.70 bits per heavy atom. The molecule has 1 aromatic rings. The molecule has 0 bridgehead atoms. The Morgan fingerprint density at radius 3 is 2.15 bits per heavy atom. The zero-order valence-corrected chi connectivity index (χ0v) is 12.0. The van der Waals surface area contributed by atoms with Gasteiger partial charge >= 0.3 is 5.97 Å². The predicted octanol–water partition coefficient (Wildman–Crippen LogP) is 3.55. The molecule has 0 spiro atoms. The van der Waals surface area contributed by atoms with Gasteiger partial charge in [0.05, 0.1) is 5.41 Å². The van der Waals surface area contributed by atoms with Gasteiger partial charge in [-0.2, -0.15) is 0 Å². The topological polar surface area (TPSA) is 54.4 Å². The molecule has 3 nitrogen and oxygen atoms in total. The zero-order valence-electron chi connectivity index (χ0n) is 12.0. The second kappa shape index (κ2) is 7.04. The smallest absolute Gasteiger partial charge is 0.309 e. The second-order valence-electron chi connectivity index (χ2n) is 5.29. The van der Waals surface area contributed by atoms with Crippen LogP contribution < -0.4 is 0 Å². The van der Waals surface area contributed by atoms with Gasteiger partial charge in [0, 0.05) is 12.8 Å². The van der Waals surface area contributed by atoms with Crippen LogP contribution in [0.4, 0.5) is 0 Å². The number of Topliss-reactive ketones (excluding diaryl/α,β-unsaturated/α-hetero) is 1. The fourth-order valence-electron chi connectivity index (χ4n) is 2.57. The van der Waals surface area contributed by atoms with Gasteiger partial charge in [-0.25, -0.2) is 0 Å². The SMILES string of the molecule is C=C.Cc1ccc(CC2(C(=O)O)CCC(=O)CC2)cc1. The Balaban J connectivity index is 0.000000956. The maximum Gasteiger partial charge on any atom is 0.309 e. The molecule has 20 heavy (non-hydrogen) atoms. The summed E-state index contributed by atoms with van der Waals surface area (Å²) in [7, 11) is 0. The molecule has 0 atom stereocenters. The van der Waals surface area contributed by atoms with Gasteiger partial charge in [-0.05, 0) is 31.7 Å². The molecule has 3 heteroatoms. The van der Waals surface area contributed by atoms with Crippen molar-refractivity contribution in [2.75, 3.05) is 0 Å². The fourth-order valence-corrected chi connectivity index (χ4v) is 2.57. The molecule has 1 saturated carbocycles. The quantitative estimate of drug-likeness (QED) is 0.857. The summed E-state index contributed by atoms with van der Waals surface area (Å²) in [6.07, 6.45) is 2.26. The Hall–Kier alpha value is -1.90. The molecule has 0 heterocycles. The number of aliphatic carboxylic acids is 1. The van der Waals surface area contributed by atoms with E-state index in [2.05, 4.69) is 13.2 Å². The third-order valence-electron chi connectivity index (χ3n) is 3.88. The van der Waals surface area contributed by atoms with Crippen molar-refractivity contribution in [1.29, 1.82) is 0 Å². The van der Waals surface area contributed by atoms with Crippen LogP contribution in [0.2, 0.25) is 0 Å². The number of rotatable bonds is 3. The highest BCUT2D eigenvalue weighted by atomic mass is 16.4. The highest BCUT2D eigenvalue weighted by Crippen LogP contribution is 2.38. The number of aryl methyl sites for hydroxylation is 1. The summed E-state index contributed by atoms with van der Waals surface area (Å²) in [4.78, 5) is 22.8. The Bertz CT molecular complexity index is 464.